The highest BCUT2D eigenvalue weighted by atomic mass is 32.1. The fourth-order valence-corrected chi connectivity index (χ4v) is 3.48. The van der Waals surface area contributed by atoms with Crippen LogP contribution in [-0.2, 0) is 6.54 Å². The number of pyridine rings is 1. The van der Waals surface area contributed by atoms with Gasteiger partial charge >= 0.3 is 0 Å². The molecule has 0 amide bonds. The van der Waals surface area contributed by atoms with Crippen molar-refractivity contribution >= 4 is 11.3 Å². The van der Waals surface area contributed by atoms with Crippen LogP contribution in [0.25, 0.3) is 10.7 Å². The van der Waals surface area contributed by atoms with Crippen LogP contribution in [0.3, 0.4) is 0 Å². The van der Waals surface area contributed by atoms with E-state index in [4.69, 9.17) is 4.52 Å². The molecule has 0 radical (unpaired) electrons. The minimum absolute atomic E-state index is 0.336. The predicted molar refractivity (Wildman–Crippen MR) is 84.5 cm³/mol. The van der Waals surface area contributed by atoms with Gasteiger partial charge in [-0.05, 0) is 42.1 Å². The Hall–Kier alpha value is -2.05. The summed E-state index contributed by atoms with van der Waals surface area (Å²) in [5.41, 5.74) is 1.29. The van der Waals surface area contributed by atoms with E-state index in [0.29, 0.717) is 11.7 Å². The summed E-state index contributed by atoms with van der Waals surface area (Å²) in [4.78, 5) is 12.1. The quantitative estimate of drug-likeness (QED) is 0.740. The SMILES string of the molecule is c1csc(-c2noc(C3CCN(Cc4ccncc4)C3)n2)c1. The zero-order valence-corrected chi connectivity index (χ0v) is 12.9. The lowest BCUT2D eigenvalue weighted by Crippen LogP contribution is -2.19. The first kappa shape index (κ1) is 13.6. The Morgan fingerprint density at radius 3 is 3.00 bits per heavy atom. The lowest BCUT2D eigenvalue weighted by atomic mass is 10.1. The van der Waals surface area contributed by atoms with Gasteiger partial charge in [0.15, 0.2) is 0 Å². The molecule has 1 saturated heterocycles. The van der Waals surface area contributed by atoms with Crippen molar-refractivity contribution in [2.24, 2.45) is 0 Å². The predicted octanol–water partition coefficient (Wildman–Crippen LogP) is 3.18. The second-order valence-corrected chi connectivity index (χ2v) is 6.46. The van der Waals surface area contributed by atoms with E-state index in [2.05, 4.69) is 32.2 Å². The summed E-state index contributed by atoms with van der Waals surface area (Å²) < 4.78 is 5.48. The molecule has 0 bridgehead atoms. The molecule has 3 aromatic rings. The molecule has 0 saturated carbocycles. The molecule has 112 valence electrons. The highest BCUT2D eigenvalue weighted by Crippen LogP contribution is 2.29. The fraction of sp³-hybridized carbons (Fsp3) is 0.312. The molecule has 1 unspecified atom stereocenters. The molecule has 1 aliphatic heterocycles. The summed E-state index contributed by atoms with van der Waals surface area (Å²) in [7, 11) is 0. The van der Waals surface area contributed by atoms with E-state index in [0.717, 1.165) is 36.8 Å². The van der Waals surface area contributed by atoms with Crippen molar-refractivity contribution in [2.45, 2.75) is 18.9 Å². The van der Waals surface area contributed by atoms with Gasteiger partial charge in [0.25, 0.3) is 0 Å². The molecule has 4 rings (SSSR count). The van der Waals surface area contributed by atoms with Gasteiger partial charge in [-0.1, -0.05) is 11.2 Å². The van der Waals surface area contributed by atoms with Gasteiger partial charge in [-0.3, -0.25) is 9.88 Å². The van der Waals surface area contributed by atoms with E-state index in [9.17, 15) is 0 Å². The highest BCUT2D eigenvalue weighted by molar-refractivity contribution is 7.13. The number of rotatable bonds is 4. The smallest absolute Gasteiger partial charge is 0.231 e. The van der Waals surface area contributed by atoms with Crippen molar-refractivity contribution in [3.8, 4) is 10.7 Å². The van der Waals surface area contributed by atoms with Gasteiger partial charge in [0.05, 0.1) is 10.8 Å². The van der Waals surface area contributed by atoms with E-state index < -0.39 is 0 Å². The molecule has 1 fully saturated rings. The average molecular weight is 312 g/mol. The van der Waals surface area contributed by atoms with Crippen LogP contribution in [0.5, 0.6) is 0 Å². The van der Waals surface area contributed by atoms with Crippen LogP contribution in [0.4, 0.5) is 0 Å². The molecule has 4 heterocycles. The molecular formula is C16H16N4OS. The summed E-state index contributed by atoms with van der Waals surface area (Å²) in [5.74, 6) is 1.81. The Labute approximate surface area is 132 Å². The molecule has 1 aliphatic rings. The lowest BCUT2D eigenvalue weighted by Gasteiger charge is -2.14. The standard InChI is InChI=1S/C16H16N4OS/c1-2-14(22-9-1)15-18-16(21-19-15)13-5-8-20(11-13)10-12-3-6-17-7-4-12/h1-4,6-7,9,13H,5,8,10-11H2. The fourth-order valence-electron chi connectivity index (χ4n) is 2.83. The molecule has 0 spiro atoms. The van der Waals surface area contributed by atoms with Crippen molar-refractivity contribution < 1.29 is 4.52 Å². The Kier molecular flexibility index (Phi) is 3.70. The van der Waals surface area contributed by atoms with E-state index in [1.54, 1.807) is 11.3 Å². The Morgan fingerprint density at radius 2 is 2.18 bits per heavy atom. The first-order chi connectivity index (χ1) is 10.9. The molecule has 6 heteroatoms. The second-order valence-electron chi connectivity index (χ2n) is 5.51. The first-order valence-corrected chi connectivity index (χ1v) is 8.25. The maximum Gasteiger partial charge on any atom is 0.231 e. The Bertz CT molecular complexity index is 726. The minimum atomic E-state index is 0.336. The minimum Gasteiger partial charge on any atom is -0.339 e. The van der Waals surface area contributed by atoms with Gasteiger partial charge in [0.2, 0.25) is 11.7 Å². The molecule has 1 atom stereocenters. The van der Waals surface area contributed by atoms with Gasteiger partial charge in [0, 0.05) is 25.5 Å². The van der Waals surface area contributed by atoms with E-state index >= 15 is 0 Å². The van der Waals surface area contributed by atoms with Crippen molar-refractivity contribution in [1.29, 1.82) is 0 Å². The summed E-state index contributed by atoms with van der Waals surface area (Å²) in [6.07, 6.45) is 4.75. The summed E-state index contributed by atoms with van der Waals surface area (Å²) >= 11 is 1.63. The van der Waals surface area contributed by atoms with Crippen LogP contribution >= 0.6 is 11.3 Å². The number of hydrogen-bond acceptors (Lipinski definition) is 6. The number of hydrogen-bond donors (Lipinski definition) is 0. The molecule has 0 aliphatic carbocycles. The Morgan fingerprint density at radius 1 is 1.27 bits per heavy atom. The monoisotopic (exact) mass is 312 g/mol. The van der Waals surface area contributed by atoms with Crippen LogP contribution < -0.4 is 0 Å². The van der Waals surface area contributed by atoms with Gasteiger partial charge < -0.3 is 4.52 Å². The molecular weight excluding hydrogens is 296 g/mol. The van der Waals surface area contributed by atoms with Crippen molar-refractivity contribution in [3.05, 3.63) is 53.5 Å². The van der Waals surface area contributed by atoms with Crippen LogP contribution in [-0.4, -0.2) is 33.1 Å². The van der Waals surface area contributed by atoms with Gasteiger partial charge in [-0.25, -0.2) is 0 Å². The number of thiophene rings is 1. The zero-order valence-electron chi connectivity index (χ0n) is 12.1. The van der Waals surface area contributed by atoms with Gasteiger partial charge in [-0.2, -0.15) is 4.98 Å². The van der Waals surface area contributed by atoms with Crippen molar-refractivity contribution in [3.63, 3.8) is 0 Å². The molecule has 5 nitrogen and oxygen atoms in total. The third kappa shape index (κ3) is 2.80. The summed E-state index contributed by atoms with van der Waals surface area (Å²) in [6.45, 7) is 2.98. The van der Waals surface area contributed by atoms with E-state index in [1.807, 2.05) is 29.9 Å². The zero-order chi connectivity index (χ0) is 14.8. The summed E-state index contributed by atoms with van der Waals surface area (Å²) in [6, 6.07) is 8.15. The van der Waals surface area contributed by atoms with Crippen molar-refractivity contribution in [2.75, 3.05) is 13.1 Å². The Balaban J connectivity index is 1.42. The van der Waals surface area contributed by atoms with Crippen molar-refractivity contribution in [1.82, 2.24) is 20.0 Å². The van der Waals surface area contributed by atoms with Gasteiger partial charge in [0.1, 0.15) is 0 Å². The highest BCUT2D eigenvalue weighted by Gasteiger charge is 2.28. The number of aromatic nitrogens is 3. The van der Waals surface area contributed by atoms with E-state index in [-0.39, 0.29) is 0 Å². The molecule has 0 N–H and O–H groups in total. The van der Waals surface area contributed by atoms with Crippen LogP contribution in [0.1, 0.15) is 23.8 Å². The van der Waals surface area contributed by atoms with Crippen LogP contribution in [0.2, 0.25) is 0 Å². The third-order valence-corrected chi connectivity index (χ3v) is 4.83. The molecule has 22 heavy (non-hydrogen) atoms. The van der Waals surface area contributed by atoms with Gasteiger partial charge in [-0.15, -0.1) is 11.3 Å². The maximum atomic E-state index is 5.48. The third-order valence-electron chi connectivity index (χ3n) is 3.96. The summed E-state index contributed by atoms with van der Waals surface area (Å²) in [5, 5.41) is 6.13. The molecule has 0 aromatic carbocycles. The number of nitrogens with zero attached hydrogens (tertiary/aromatic N) is 4. The first-order valence-electron chi connectivity index (χ1n) is 7.37. The van der Waals surface area contributed by atoms with Crippen LogP contribution in [0, 0.1) is 0 Å². The maximum absolute atomic E-state index is 5.48. The number of likely N-dealkylation sites (tertiary alicyclic amines) is 1. The largest absolute Gasteiger partial charge is 0.339 e. The lowest BCUT2D eigenvalue weighted by molar-refractivity contribution is 0.309. The average Bonchev–Trinajstić information content (AvgIpc) is 3.29. The normalized spacial score (nSPS) is 18.8. The van der Waals surface area contributed by atoms with Crippen LogP contribution in [0.15, 0.2) is 46.6 Å². The van der Waals surface area contributed by atoms with E-state index in [1.165, 1.54) is 5.56 Å². The second kappa shape index (κ2) is 5.98. The topological polar surface area (TPSA) is 55.1 Å². The molecule has 3 aromatic heterocycles.